The molecule has 3 aromatic rings. The minimum atomic E-state index is -0.307. The second kappa shape index (κ2) is 9.72. The van der Waals surface area contributed by atoms with Gasteiger partial charge in [0.25, 0.3) is 0 Å². The van der Waals surface area contributed by atoms with E-state index in [1.165, 1.54) is 12.1 Å². The molecule has 2 amide bonds. The third-order valence-electron chi connectivity index (χ3n) is 5.63. The van der Waals surface area contributed by atoms with Crippen molar-refractivity contribution in [3.05, 3.63) is 65.8 Å². The van der Waals surface area contributed by atoms with Crippen LogP contribution in [0.1, 0.15) is 43.6 Å². The number of carbonyl (C=O) groups is 2. The lowest BCUT2D eigenvalue weighted by Gasteiger charge is -2.30. The summed E-state index contributed by atoms with van der Waals surface area (Å²) >= 11 is 0. The first-order chi connectivity index (χ1) is 15.5. The second-order valence-electron chi connectivity index (χ2n) is 7.90. The van der Waals surface area contributed by atoms with Crippen LogP contribution < -0.4 is 5.32 Å². The summed E-state index contributed by atoms with van der Waals surface area (Å²) in [4.78, 5) is 30.6. The Morgan fingerprint density at radius 3 is 2.62 bits per heavy atom. The zero-order valence-corrected chi connectivity index (χ0v) is 17.9. The number of benzene rings is 2. The Kier molecular flexibility index (Phi) is 6.58. The van der Waals surface area contributed by atoms with Crippen molar-refractivity contribution in [1.82, 2.24) is 15.0 Å². The number of piperidine rings is 1. The topological polar surface area (TPSA) is 88.3 Å². The fourth-order valence-corrected chi connectivity index (χ4v) is 3.77. The molecule has 0 saturated carbocycles. The Morgan fingerprint density at radius 2 is 1.91 bits per heavy atom. The highest BCUT2D eigenvalue weighted by atomic mass is 19.1. The zero-order valence-electron chi connectivity index (χ0n) is 17.9. The molecule has 2 heterocycles. The predicted molar refractivity (Wildman–Crippen MR) is 117 cm³/mol. The number of likely N-dealkylation sites (tertiary alicyclic amines) is 1. The van der Waals surface area contributed by atoms with Crippen LogP contribution in [-0.2, 0) is 16.0 Å². The molecular formula is C24H25FN4O3. The first-order valence-corrected chi connectivity index (χ1v) is 10.8. The van der Waals surface area contributed by atoms with E-state index in [9.17, 15) is 14.0 Å². The molecule has 7 nitrogen and oxygen atoms in total. The number of nitrogens with zero attached hydrogens (tertiary/aromatic N) is 3. The van der Waals surface area contributed by atoms with E-state index >= 15 is 0 Å². The molecule has 0 radical (unpaired) electrons. The number of hydrogen-bond donors (Lipinski definition) is 1. The average Bonchev–Trinajstić information content (AvgIpc) is 3.31. The van der Waals surface area contributed by atoms with Crippen molar-refractivity contribution in [2.75, 3.05) is 18.4 Å². The monoisotopic (exact) mass is 436 g/mol. The number of hydrogen-bond acceptors (Lipinski definition) is 5. The maximum atomic E-state index is 13.0. The number of halogens is 1. The van der Waals surface area contributed by atoms with Crippen LogP contribution in [0.5, 0.6) is 0 Å². The van der Waals surface area contributed by atoms with Crippen LogP contribution in [0.3, 0.4) is 0 Å². The van der Waals surface area contributed by atoms with Gasteiger partial charge in [-0.1, -0.05) is 36.3 Å². The molecule has 1 saturated heterocycles. The minimum Gasteiger partial charge on any atom is -0.342 e. The van der Waals surface area contributed by atoms with Crippen molar-refractivity contribution in [3.63, 3.8) is 0 Å². The Labute approximate surface area is 185 Å². The van der Waals surface area contributed by atoms with Gasteiger partial charge in [0.2, 0.25) is 23.5 Å². The fraction of sp³-hybridized carbons (Fsp3) is 0.333. The van der Waals surface area contributed by atoms with E-state index < -0.39 is 0 Å². The van der Waals surface area contributed by atoms with Crippen LogP contribution in [-0.4, -0.2) is 39.9 Å². The first kappa shape index (κ1) is 21.7. The SMILES string of the molecule is CCC(=O)Nc1cccc(-c2noc(C3CCN(C(=O)Cc4ccc(F)cc4)CC3)n2)c1. The molecule has 4 rings (SSSR count). The number of carbonyl (C=O) groups excluding carboxylic acids is 2. The van der Waals surface area contributed by atoms with Gasteiger partial charge in [-0.3, -0.25) is 9.59 Å². The molecule has 0 spiro atoms. The van der Waals surface area contributed by atoms with E-state index in [1.54, 1.807) is 19.1 Å². The van der Waals surface area contributed by atoms with E-state index in [0.29, 0.717) is 36.9 Å². The largest absolute Gasteiger partial charge is 0.342 e. The van der Waals surface area contributed by atoms with Gasteiger partial charge in [-0.05, 0) is 42.7 Å². The van der Waals surface area contributed by atoms with Gasteiger partial charge >= 0.3 is 0 Å². The number of aromatic nitrogens is 2. The zero-order chi connectivity index (χ0) is 22.5. The maximum absolute atomic E-state index is 13.0. The van der Waals surface area contributed by atoms with E-state index in [4.69, 9.17) is 4.52 Å². The molecule has 0 unspecified atom stereocenters. The summed E-state index contributed by atoms with van der Waals surface area (Å²) in [5.41, 5.74) is 2.26. The summed E-state index contributed by atoms with van der Waals surface area (Å²) in [5.74, 6) is 0.799. The summed E-state index contributed by atoms with van der Waals surface area (Å²) in [6.07, 6.45) is 2.15. The van der Waals surface area contributed by atoms with Gasteiger partial charge in [-0.25, -0.2) is 4.39 Å². The summed E-state index contributed by atoms with van der Waals surface area (Å²) in [6.45, 7) is 3.02. The van der Waals surface area contributed by atoms with Crippen LogP contribution in [0.4, 0.5) is 10.1 Å². The van der Waals surface area contributed by atoms with Gasteiger partial charge in [0.1, 0.15) is 5.82 Å². The summed E-state index contributed by atoms with van der Waals surface area (Å²) in [5, 5.41) is 6.94. The normalized spacial score (nSPS) is 14.4. The molecule has 0 atom stereocenters. The van der Waals surface area contributed by atoms with Crippen molar-refractivity contribution in [1.29, 1.82) is 0 Å². The van der Waals surface area contributed by atoms with E-state index in [1.807, 2.05) is 29.2 Å². The van der Waals surface area contributed by atoms with Crippen molar-refractivity contribution in [3.8, 4) is 11.4 Å². The highest BCUT2D eigenvalue weighted by Gasteiger charge is 2.27. The lowest BCUT2D eigenvalue weighted by atomic mass is 9.96. The smallest absolute Gasteiger partial charge is 0.230 e. The second-order valence-corrected chi connectivity index (χ2v) is 7.90. The van der Waals surface area contributed by atoms with Crippen LogP contribution in [0.25, 0.3) is 11.4 Å². The van der Waals surface area contributed by atoms with Gasteiger partial charge in [0, 0.05) is 36.7 Å². The van der Waals surface area contributed by atoms with Crippen molar-refractivity contribution in [2.45, 2.75) is 38.5 Å². The molecule has 1 N–H and O–H groups in total. The van der Waals surface area contributed by atoms with Crippen molar-refractivity contribution < 1.29 is 18.5 Å². The lowest BCUT2D eigenvalue weighted by molar-refractivity contribution is -0.131. The summed E-state index contributed by atoms with van der Waals surface area (Å²) in [6, 6.07) is 13.4. The standard InChI is InChI=1S/C24H25FN4O3/c1-2-21(30)26-20-5-3-4-18(15-20)23-27-24(32-28-23)17-10-12-29(13-11-17)22(31)14-16-6-8-19(25)9-7-16/h3-9,15,17H,2,10-14H2,1H3,(H,26,30). The molecule has 1 fully saturated rings. The molecular weight excluding hydrogens is 411 g/mol. The first-order valence-electron chi connectivity index (χ1n) is 10.8. The van der Waals surface area contributed by atoms with Crippen molar-refractivity contribution >= 4 is 17.5 Å². The molecule has 1 aromatic heterocycles. The Morgan fingerprint density at radius 1 is 1.16 bits per heavy atom. The number of anilines is 1. The third kappa shape index (κ3) is 5.19. The highest BCUT2D eigenvalue weighted by Crippen LogP contribution is 2.29. The van der Waals surface area contributed by atoms with Gasteiger partial charge < -0.3 is 14.7 Å². The molecule has 2 aromatic carbocycles. The van der Waals surface area contributed by atoms with Crippen LogP contribution in [0, 0.1) is 5.82 Å². The molecule has 32 heavy (non-hydrogen) atoms. The van der Waals surface area contributed by atoms with Crippen LogP contribution in [0.15, 0.2) is 53.1 Å². The van der Waals surface area contributed by atoms with Gasteiger partial charge in [0.05, 0.1) is 6.42 Å². The van der Waals surface area contributed by atoms with E-state index in [-0.39, 0.29) is 30.0 Å². The van der Waals surface area contributed by atoms with E-state index in [2.05, 4.69) is 15.5 Å². The molecule has 166 valence electrons. The number of rotatable bonds is 6. The van der Waals surface area contributed by atoms with Gasteiger partial charge in [-0.15, -0.1) is 0 Å². The molecule has 0 bridgehead atoms. The Balaban J connectivity index is 1.35. The minimum absolute atomic E-state index is 0.0345. The predicted octanol–water partition coefficient (Wildman–Crippen LogP) is 4.17. The highest BCUT2D eigenvalue weighted by molar-refractivity contribution is 5.91. The summed E-state index contributed by atoms with van der Waals surface area (Å²) < 4.78 is 18.6. The van der Waals surface area contributed by atoms with Gasteiger partial charge in [0.15, 0.2) is 0 Å². The van der Waals surface area contributed by atoms with Gasteiger partial charge in [-0.2, -0.15) is 4.98 Å². The molecule has 1 aliphatic heterocycles. The quantitative estimate of drug-likeness (QED) is 0.627. The maximum Gasteiger partial charge on any atom is 0.230 e. The molecule has 1 aliphatic rings. The average molecular weight is 436 g/mol. The molecule has 0 aliphatic carbocycles. The van der Waals surface area contributed by atoms with Crippen molar-refractivity contribution in [2.24, 2.45) is 0 Å². The third-order valence-corrected chi connectivity index (χ3v) is 5.63. The lowest BCUT2D eigenvalue weighted by Crippen LogP contribution is -2.38. The van der Waals surface area contributed by atoms with Crippen LogP contribution >= 0.6 is 0 Å². The molecule has 8 heteroatoms. The van der Waals surface area contributed by atoms with Crippen LogP contribution in [0.2, 0.25) is 0 Å². The Bertz CT molecular complexity index is 1090. The van der Waals surface area contributed by atoms with E-state index in [0.717, 1.165) is 24.0 Å². The number of amides is 2. The fourth-order valence-electron chi connectivity index (χ4n) is 3.77. The summed E-state index contributed by atoms with van der Waals surface area (Å²) in [7, 11) is 0. The Hall–Kier alpha value is -3.55. The number of nitrogens with one attached hydrogen (secondary N) is 1.